The first-order chi connectivity index (χ1) is 13.9. The number of aromatic nitrogens is 1. The molecule has 2 aromatic carbocycles. The molecule has 1 saturated heterocycles. The van der Waals surface area contributed by atoms with Gasteiger partial charge in [0.1, 0.15) is 0 Å². The van der Waals surface area contributed by atoms with Gasteiger partial charge in [0.2, 0.25) is 10.0 Å². The zero-order chi connectivity index (χ0) is 20.4. The minimum atomic E-state index is -3.43. The number of carbonyl (C=O) groups excluding carboxylic acids is 1. The van der Waals surface area contributed by atoms with Crippen LogP contribution in [0.2, 0.25) is 5.02 Å². The first kappa shape index (κ1) is 20.0. The van der Waals surface area contributed by atoms with Crippen molar-refractivity contribution >= 4 is 44.0 Å². The SMILES string of the molecule is O=C(Nc1nc(-c2ccc(S(=O)(=O)N3CCCC3)cc2)cs1)c1ccc(Cl)cc1. The van der Waals surface area contributed by atoms with Gasteiger partial charge in [0, 0.05) is 34.6 Å². The summed E-state index contributed by atoms with van der Waals surface area (Å²) in [5.41, 5.74) is 1.95. The molecule has 0 aliphatic carbocycles. The van der Waals surface area contributed by atoms with Crippen LogP contribution in [0.4, 0.5) is 5.13 Å². The number of nitrogens with one attached hydrogen (secondary N) is 1. The van der Waals surface area contributed by atoms with E-state index in [1.54, 1.807) is 48.5 Å². The number of carbonyl (C=O) groups is 1. The second kappa shape index (κ2) is 8.23. The Hall–Kier alpha value is -2.26. The zero-order valence-corrected chi connectivity index (χ0v) is 17.7. The van der Waals surface area contributed by atoms with Crippen LogP contribution in [-0.2, 0) is 10.0 Å². The number of halogens is 1. The second-order valence-electron chi connectivity index (χ2n) is 6.63. The van der Waals surface area contributed by atoms with Crippen molar-refractivity contribution in [2.24, 2.45) is 0 Å². The van der Waals surface area contributed by atoms with E-state index in [0.717, 1.165) is 18.4 Å². The molecule has 0 saturated carbocycles. The minimum Gasteiger partial charge on any atom is -0.298 e. The number of anilines is 1. The van der Waals surface area contributed by atoms with E-state index in [1.807, 2.05) is 5.38 Å². The van der Waals surface area contributed by atoms with E-state index in [4.69, 9.17) is 11.6 Å². The highest BCUT2D eigenvalue weighted by atomic mass is 35.5. The molecular weight excluding hydrogens is 430 g/mol. The fourth-order valence-electron chi connectivity index (χ4n) is 3.11. The zero-order valence-electron chi connectivity index (χ0n) is 15.3. The fourth-order valence-corrected chi connectivity index (χ4v) is 5.47. The number of amides is 1. The van der Waals surface area contributed by atoms with Crippen molar-refractivity contribution in [1.29, 1.82) is 0 Å². The van der Waals surface area contributed by atoms with Crippen LogP contribution in [0, 0.1) is 0 Å². The normalized spacial score (nSPS) is 14.8. The highest BCUT2D eigenvalue weighted by Crippen LogP contribution is 2.28. The Morgan fingerprint density at radius 2 is 1.69 bits per heavy atom. The van der Waals surface area contributed by atoms with E-state index in [9.17, 15) is 13.2 Å². The van der Waals surface area contributed by atoms with Crippen molar-refractivity contribution in [1.82, 2.24) is 9.29 Å². The van der Waals surface area contributed by atoms with E-state index in [-0.39, 0.29) is 10.8 Å². The molecule has 0 atom stereocenters. The summed E-state index contributed by atoms with van der Waals surface area (Å²) >= 11 is 7.15. The molecule has 0 spiro atoms. The number of benzene rings is 2. The molecule has 6 nitrogen and oxygen atoms in total. The Balaban J connectivity index is 1.48. The van der Waals surface area contributed by atoms with Crippen LogP contribution in [0.25, 0.3) is 11.3 Å². The van der Waals surface area contributed by atoms with Crippen LogP contribution in [0.15, 0.2) is 58.8 Å². The molecule has 3 aromatic rings. The Morgan fingerprint density at radius 1 is 1.03 bits per heavy atom. The predicted molar refractivity (Wildman–Crippen MR) is 115 cm³/mol. The number of hydrogen-bond acceptors (Lipinski definition) is 5. The summed E-state index contributed by atoms with van der Waals surface area (Å²) in [6.07, 6.45) is 1.81. The van der Waals surface area contributed by atoms with Crippen molar-refractivity contribution in [2.75, 3.05) is 18.4 Å². The number of rotatable bonds is 5. The molecule has 0 unspecified atom stereocenters. The second-order valence-corrected chi connectivity index (χ2v) is 9.87. The largest absolute Gasteiger partial charge is 0.298 e. The summed E-state index contributed by atoms with van der Waals surface area (Å²) in [5, 5.41) is 5.61. The molecule has 0 radical (unpaired) electrons. The lowest BCUT2D eigenvalue weighted by molar-refractivity contribution is 0.102. The van der Waals surface area contributed by atoms with Gasteiger partial charge in [0.05, 0.1) is 10.6 Å². The smallest absolute Gasteiger partial charge is 0.257 e. The van der Waals surface area contributed by atoms with Crippen molar-refractivity contribution in [2.45, 2.75) is 17.7 Å². The predicted octanol–water partition coefficient (Wildman–Crippen LogP) is 4.50. The number of thiazole rings is 1. The third-order valence-corrected chi connectivity index (χ3v) is 7.61. The summed E-state index contributed by atoms with van der Waals surface area (Å²) in [6, 6.07) is 13.3. The maximum absolute atomic E-state index is 12.6. The van der Waals surface area contributed by atoms with Gasteiger partial charge in [-0.25, -0.2) is 13.4 Å². The third-order valence-electron chi connectivity index (χ3n) is 4.68. The Labute approximate surface area is 178 Å². The Bertz CT molecular complexity index is 1120. The molecule has 4 rings (SSSR count). The van der Waals surface area contributed by atoms with Gasteiger partial charge in [-0.15, -0.1) is 11.3 Å². The Kier molecular flexibility index (Phi) is 5.69. The van der Waals surface area contributed by atoms with E-state index >= 15 is 0 Å². The molecule has 1 aromatic heterocycles. The number of nitrogens with zero attached hydrogens (tertiary/aromatic N) is 2. The maximum Gasteiger partial charge on any atom is 0.257 e. The number of sulfonamides is 1. The van der Waals surface area contributed by atoms with Gasteiger partial charge in [-0.05, 0) is 49.2 Å². The Morgan fingerprint density at radius 3 is 2.34 bits per heavy atom. The third kappa shape index (κ3) is 4.35. The lowest BCUT2D eigenvalue weighted by Crippen LogP contribution is -2.27. The average molecular weight is 448 g/mol. The summed E-state index contributed by atoms with van der Waals surface area (Å²) in [4.78, 5) is 17.0. The molecule has 1 N–H and O–H groups in total. The molecule has 1 fully saturated rings. The van der Waals surface area contributed by atoms with E-state index < -0.39 is 10.0 Å². The van der Waals surface area contributed by atoms with Crippen molar-refractivity contribution in [3.8, 4) is 11.3 Å². The molecule has 1 aliphatic heterocycles. The maximum atomic E-state index is 12.6. The topological polar surface area (TPSA) is 79.4 Å². The van der Waals surface area contributed by atoms with Crippen LogP contribution < -0.4 is 5.32 Å². The van der Waals surface area contributed by atoms with Crippen molar-refractivity contribution in [3.63, 3.8) is 0 Å². The molecule has 1 aliphatic rings. The van der Waals surface area contributed by atoms with E-state index in [2.05, 4.69) is 10.3 Å². The van der Waals surface area contributed by atoms with E-state index in [0.29, 0.717) is 34.5 Å². The van der Waals surface area contributed by atoms with Crippen LogP contribution >= 0.6 is 22.9 Å². The summed E-state index contributed by atoms with van der Waals surface area (Å²) in [7, 11) is -3.43. The van der Waals surface area contributed by atoms with Crippen LogP contribution in [0.5, 0.6) is 0 Å². The van der Waals surface area contributed by atoms with Crippen LogP contribution in [0.3, 0.4) is 0 Å². The summed E-state index contributed by atoms with van der Waals surface area (Å²) < 4.78 is 26.8. The van der Waals surface area contributed by atoms with Gasteiger partial charge in [-0.3, -0.25) is 10.1 Å². The quantitative estimate of drug-likeness (QED) is 0.624. The van der Waals surface area contributed by atoms with Gasteiger partial charge in [0.25, 0.3) is 5.91 Å². The highest BCUT2D eigenvalue weighted by molar-refractivity contribution is 7.89. The van der Waals surface area contributed by atoms with Gasteiger partial charge in [-0.2, -0.15) is 4.31 Å². The molecule has 150 valence electrons. The monoisotopic (exact) mass is 447 g/mol. The standard InChI is InChI=1S/C20H18ClN3O3S2/c21-16-7-3-15(4-8-16)19(25)23-20-22-18(13-28-20)14-5-9-17(10-6-14)29(26,27)24-11-1-2-12-24/h3-10,13H,1-2,11-12H2,(H,22,23,25). The highest BCUT2D eigenvalue weighted by Gasteiger charge is 2.27. The van der Waals surface area contributed by atoms with Crippen LogP contribution in [-0.4, -0.2) is 36.7 Å². The van der Waals surface area contributed by atoms with Gasteiger partial charge in [0.15, 0.2) is 5.13 Å². The minimum absolute atomic E-state index is 0.269. The average Bonchev–Trinajstić information content (AvgIpc) is 3.41. The van der Waals surface area contributed by atoms with Gasteiger partial charge >= 0.3 is 0 Å². The lowest BCUT2D eigenvalue weighted by Gasteiger charge is -2.15. The molecule has 2 heterocycles. The fraction of sp³-hybridized carbons (Fsp3) is 0.200. The first-order valence-electron chi connectivity index (χ1n) is 9.06. The summed E-state index contributed by atoms with van der Waals surface area (Å²) in [6.45, 7) is 1.15. The van der Waals surface area contributed by atoms with Crippen LogP contribution in [0.1, 0.15) is 23.2 Å². The number of hydrogen-bond donors (Lipinski definition) is 1. The van der Waals surface area contributed by atoms with Gasteiger partial charge in [-0.1, -0.05) is 23.7 Å². The molecular formula is C20H18ClN3O3S2. The molecule has 9 heteroatoms. The lowest BCUT2D eigenvalue weighted by atomic mass is 10.2. The summed E-state index contributed by atoms with van der Waals surface area (Å²) in [5.74, 6) is -0.269. The molecule has 29 heavy (non-hydrogen) atoms. The molecule has 0 bridgehead atoms. The van der Waals surface area contributed by atoms with Crippen molar-refractivity contribution in [3.05, 3.63) is 64.5 Å². The van der Waals surface area contributed by atoms with E-state index in [1.165, 1.54) is 15.6 Å². The molecule has 1 amide bonds. The van der Waals surface area contributed by atoms with Gasteiger partial charge < -0.3 is 0 Å². The van der Waals surface area contributed by atoms with Crippen molar-refractivity contribution < 1.29 is 13.2 Å². The first-order valence-corrected chi connectivity index (χ1v) is 11.8.